The molecule has 1 heterocycles. The molecule has 0 aliphatic carbocycles. The van der Waals surface area contributed by atoms with E-state index in [9.17, 15) is 4.79 Å². The molecule has 1 amide bonds. The monoisotopic (exact) mass is 238 g/mol. The quantitative estimate of drug-likeness (QED) is 0.816. The first-order valence-electron chi connectivity index (χ1n) is 6.04. The molecule has 3 N–H and O–H groups in total. The van der Waals surface area contributed by atoms with Gasteiger partial charge in [-0.3, -0.25) is 9.48 Å². The molecule has 0 bridgehead atoms. The number of nitrogens with one attached hydrogen (secondary N) is 1. The Morgan fingerprint density at radius 1 is 1.53 bits per heavy atom. The van der Waals surface area contributed by atoms with Crippen LogP contribution in [0, 0.1) is 13.8 Å². The van der Waals surface area contributed by atoms with Gasteiger partial charge in [-0.1, -0.05) is 19.8 Å². The summed E-state index contributed by atoms with van der Waals surface area (Å²) in [5.74, 6) is -0.127. The zero-order valence-electron chi connectivity index (χ0n) is 11.1. The summed E-state index contributed by atoms with van der Waals surface area (Å²) in [4.78, 5) is 11.9. The van der Waals surface area contributed by atoms with Gasteiger partial charge < -0.3 is 11.1 Å². The highest BCUT2D eigenvalue weighted by atomic mass is 16.2. The SMILES string of the molecule is CCCC[C@H](N)C(=O)Nc1c(C)nn(C)c1C. The van der Waals surface area contributed by atoms with Crippen LogP contribution in [0.2, 0.25) is 0 Å². The summed E-state index contributed by atoms with van der Waals surface area (Å²) in [6, 6.07) is -0.436. The molecule has 0 fully saturated rings. The lowest BCUT2D eigenvalue weighted by Crippen LogP contribution is -2.35. The van der Waals surface area contributed by atoms with Gasteiger partial charge in [0, 0.05) is 7.05 Å². The molecule has 1 aromatic rings. The molecule has 0 saturated carbocycles. The molecule has 17 heavy (non-hydrogen) atoms. The highest BCUT2D eigenvalue weighted by molar-refractivity contribution is 5.95. The van der Waals surface area contributed by atoms with E-state index in [2.05, 4.69) is 17.3 Å². The van der Waals surface area contributed by atoms with Crippen LogP contribution >= 0.6 is 0 Å². The molecule has 5 heteroatoms. The van der Waals surface area contributed by atoms with Gasteiger partial charge in [0.2, 0.25) is 5.91 Å². The average molecular weight is 238 g/mol. The molecule has 1 aromatic heterocycles. The molecule has 1 rings (SSSR count). The van der Waals surface area contributed by atoms with Crippen molar-refractivity contribution in [3.63, 3.8) is 0 Å². The van der Waals surface area contributed by atoms with Crippen molar-refractivity contribution in [2.24, 2.45) is 12.8 Å². The molecule has 0 aliphatic rings. The van der Waals surface area contributed by atoms with Gasteiger partial charge in [0.25, 0.3) is 0 Å². The normalized spacial score (nSPS) is 12.5. The molecule has 0 unspecified atom stereocenters. The summed E-state index contributed by atoms with van der Waals surface area (Å²) < 4.78 is 1.75. The third-order valence-corrected chi connectivity index (χ3v) is 2.96. The topological polar surface area (TPSA) is 72.9 Å². The van der Waals surface area contributed by atoms with E-state index < -0.39 is 6.04 Å². The number of amides is 1. The number of carbonyl (C=O) groups excluding carboxylic acids is 1. The lowest BCUT2D eigenvalue weighted by atomic mass is 10.1. The van der Waals surface area contributed by atoms with Crippen LogP contribution < -0.4 is 11.1 Å². The summed E-state index contributed by atoms with van der Waals surface area (Å²) in [6.07, 6.45) is 2.74. The Balaban J connectivity index is 2.67. The number of hydrogen-bond acceptors (Lipinski definition) is 3. The van der Waals surface area contributed by atoms with Crippen molar-refractivity contribution in [1.29, 1.82) is 0 Å². The number of carbonyl (C=O) groups is 1. The zero-order valence-corrected chi connectivity index (χ0v) is 11.1. The molecule has 0 spiro atoms. The van der Waals surface area contributed by atoms with Crippen LogP contribution in [-0.4, -0.2) is 21.7 Å². The van der Waals surface area contributed by atoms with E-state index in [1.54, 1.807) is 4.68 Å². The minimum atomic E-state index is -0.436. The predicted molar refractivity (Wildman–Crippen MR) is 68.8 cm³/mol. The van der Waals surface area contributed by atoms with Gasteiger partial charge in [0.05, 0.1) is 23.1 Å². The summed E-state index contributed by atoms with van der Waals surface area (Å²) in [5.41, 5.74) is 8.36. The van der Waals surface area contributed by atoms with Gasteiger partial charge in [0.15, 0.2) is 0 Å². The van der Waals surface area contributed by atoms with Gasteiger partial charge in [-0.25, -0.2) is 0 Å². The Bertz CT molecular complexity index is 397. The first kappa shape index (κ1) is 13.7. The maximum absolute atomic E-state index is 11.9. The summed E-state index contributed by atoms with van der Waals surface area (Å²) in [6.45, 7) is 5.88. The van der Waals surface area contributed by atoms with Crippen LogP contribution in [0.15, 0.2) is 0 Å². The Morgan fingerprint density at radius 2 is 2.18 bits per heavy atom. The number of anilines is 1. The van der Waals surface area contributed by atoms with E-state index in [1.807, 2.05) is 20.9 Å². The van der Waals surface area contributed by atoms with Gasteiger partial charge >= 0.3 is 0 Å². The molecule has 0 aliphatic heterocycles. The summed E-state index contributed by atoms with van der Waals surface area (Å²) in [5, 5.41) is 7.11. The third-order valence-electron chi connectivity index (χ3n) is 2.96. The number of aromatic nitrogens is 2. The first-order chi connectivity index (χ1) is 7.97. The second-order valence-electron chi connectivity index (χ2n) is 4.41. The van der Waals surface area contributed by atoms with E-state index in [0.717, 1.165) is 36.3 Å². The molecule has 0 aromatic carbocycles. The van der Waals surface area contributed by atoms with Crippen molar-refractivity contribution in [3.05, 3.63) is 11.4 Å². The number of aryl methyl sites for hydroxylation is 2. The molecular formula is C12H22N4O. The minimum absolute atomic E-state index is 0.127. The fraction of sp³-hybridized carbons (Fsp3) is 0.667. The number of rotatable bonds is 5. The number of nitrogens with zero attached hydrogens (tertiary/aromatic N) is 2. The van der Waals surface area contributed by atoms with Crippen LogP contribution in [0.25, 0.3) is 0 Å². The van der Waals surface area contributed by atoms with E-state index >= 15 is 0 Å². The summed E-state index contributed by atoms with van der Waals surface area (Å²) >= 11 is 0. The largest absolute Gasteiger partial charge is 0.322 e. The Hall–Kier alpha value is -1.36. The van der Waals surface area contributed by atoms with Crippen LogP contribution in [0.1, 0.15) is 37.6 Å². The number of nitrogens with two attached hydrogens (primary N) is 1. The van der Waals surface area contributed by atoms with E-state index in [0.29, 0.717) is 0 Å². The molecule has 96 valence electrons. The van der Waals surface area contributed by atoms with Gasteiger partial charge in [0.1, 0.15) is 0 Å². The standard InChI is InChI=1S/C12H22N4O/c1-5-6-7-10(13)12(17)14-11-8(2)15-16(4)9(11)3/h10H,5-7,13H2,1-4H3,(H,14,17)/t10-/m0/s1. The lowest BCUT2D eigenvalue weighted by Gasteiger charge is -2.11. The van der Waals surface area contributed by atoms with Crippen molar-refractivity contribution >= 4 is 11.6 Å². The third kappa shape index (κ3) is 3.30. The van der Waals surface area contributed by atoms with Crippen LogP contribution in [0.4, 0.5) is 5.69 Å². The maximum Gasteiger partial charge on any atom is 0.241 e. The average Bonchev–Trinajstić information content (AvgIpc) is 2.52. The van der Waals surface area contributed by atoms with Gasteiger partial charge in [-0.15, -0.1) is 0 Å². The van der Waals surface area contributed by atoms with Crippen molar-refractivity contribution in [1.82, 2.24) is 9.78 Å². The Labute approximate surface area is 102 Å². The number of unbranched alkanes of at least 4 members (excludes halogenated alkanes) is 1. The maximum atomic E-state index is 11.9. The van der Waals surface area contributed by atoms with Crippen molar-refractivity contribution < 1.29 is 4.79 Å². The number of hydrogen-bond donors (Lipinski definition) is 2. The van der Waals surface area contributed by atoms with Crippen LogP contribution in [-0.2, 0) is 11.8 Å². The first-order valence-corrected chi connectivity index (χ1v) is 6.04. The zero-order chi connectivity index (χ0) is 13.0. The van der Waals surface area contributed by atoms with Gasteiger partial charge in [-0.05, 0) is 20.3 Å². The minimum Gasteiger partial charge on any atom is -0.322 e. The Morgan fingerprint density at radius 3 is 2.65 bits per heavy atom. The Kier molecular flexibility index (Phi) is 4.69. The molecule has 1 atom stereocenters. The van der Waals surface area contributed by atoms with Crippen molar-refractivity contribution in [2.75, 3.05) is 5.32 Å². The van der Waals surface area contributed by atoms with E-state index in [-0.39, 0.29) is 5.91 Å². The molecule has 5 nitrogen and oxygen atoms in total. The molecular weight excluding hydrogens is 216 g/mol. The predicted octanol–water partition coefficient (Wildman–Crippen LogP) is 1.49. The van der Waals surface area contributed by atoms with Crippen LogP contribution in [0.3, 0.4) is 0 Å². The van der Waals surface area contributed by atoms with Gasteiger partial charge in [-0.2, -0.15) is 5.10 Å². The highest BCUT2D eigenvalue weighted by Crippen LogP contribution is 2.18. The van der Waals surface area contributed by atoms with E-state index in [1.165, 1.54) is 0 Å². The van der Waals surface area contributed by atoms with Crippen molar-refractivity contribution in [3.8, 4) is 0 Å². The molecule has 0 radical (unpaired) electrons. The molecule has 0 saturated heterocycles. The second kappa shape index (κ2) is 5.82. The smallest absolute Gasteiger partial charge is 0.241 e. The highest BCUT2D eigenvalue weighted by Gasteiger charge is 2.17. The van der Waals surface area contributed by atoms with Crippen LogP contribution in [0.5, 0.6) is 0 Å². The lowest BCUT2D eigenvalue weighted by molar-refractivity contribution is -0.117. The fourth-order valence-corrected chi connectivity index (χ4v) is 1.73. The second-order valence-corrected chi connectivity index (χ2v) is 4.41. The van der Waals surface area contributed by atoms with Crippen molar-refractivity contribution in [2.45, 2.75) is 46.1 Å². The summed E-state index contributed by atoms with van der Waals surface area (Å²) in [7, 11) is 1.86. The fourth-order valence-electron chi connectivity index (χ4n) is 1.73. The van der Waals surface area contributed by atoms with E-state index in [4.69, 9.17) is 5.73 Å².